The number of aromatic nitrogens is 1. The summed E-state index contributed by atoms with van der Waals surface area (Å²) in [6.07, 6.45) is -0.629. The van der Waals surface area contributed by atoms with Gasteiger partial charge in [-0.25, -0.2) is 9.78 Å². The van der Waals surface area contributed by atoms with Crippen LogP contribution in [0.4, 0.5) is 27.8 Å². The fraction of sp³-hybridized carbons (Fsp3) is 0.143. The van der Waals surface area contributed by atoms with E-state index >= 15 is 0 Å². The first kappa shape index (κ1) is 15.2. The highest BCUT2D eigenvalue weighted by Gasteiger charge is 2.06. The van der Waals surface area contributed by atoms with Crippen LogP contribution in [0, 0.1) is 0 Å². The van der Waals surface area contributed by atoms with Crippen LogP contribution in [-0.4, -0.2) is 25.3 Å². The Balaban J connectivity index is 2.19. The number of hydrogen-bond donors (Lipinski definition) is 2. The van der Waals surface area contributed by atoms with E-state index in [2.05, 4.69) is 25.3 Å². The number of pyridine rings is 1. The molecule has 114 valence electrons. The van der Waals surface area contributed by atoms with E-state index in [0.29, 0.717) is 17.1 Å². The molecule has 3 N–H and O–H groups in total. The van der Waals surface area contributed by atoms with Crippen LogP contribution in [-0.2, 0) is 4.74 Å². The molecule has 0 fully saturated rings. The second kappa shape index (κ2) is 7.02. The number of methoxy groups -OCH3 is 2. The Kier molecular flexibility index (Phi) is 4.86. The van der Waals surface area contributed by atoms with Gasteiger partial charge in [0.25, 0.3) is 0 Å². The van der Waals surface area contributed by atoms with Crippen molar-refractivity contribution >= 4 is 29.1 Å². The third-order valence-corrected chi connectivity index (χ3v) is 2.67. The van der Waals surface area contributed by atoms with Gasteiger partial charge in [-0.05, 0) is 24.3 Å². The van der Waals surface area contributed by atoms with Crippen molar-refractivity contribution in [2.75, 3.05) is 25.3 Å². The standard InChI is InChI=1S/C14H15N5O3/c1-21-11-6-4-3-5-9(11)18-19-10-7-8-12(16-13(10)15)17-14(20)22-2/h3-8H,1-2H3,(H3,15,16,17,20). The van der Waals surface area contributed by atoms with Gasteiger partial charge in [-0.15, -0.1) is 10.2 Å². The summed E-state index contributed by atoms with van der Waals surface area (Å²) in [6.45, 7) is 0. The molecule has 0 saturated carbocycles. The summed E-state index contributed by atoms with van der Waals surface area (Å²) in [5.41, 5.74) is 6.73. The molecule has 1 aromatic heterocycles. The lowest BCUT2D eigenvalue weighted by Gasteiger charge is -2.05. The van der Waals surface area contributed by atoms with Gasteiger partial charge in [0.2, 0.25) is 0 Å². The molecule has 1 aromatic carbocycles. The van der Waals surface area contributed by atoms with Crippen molar-refractivity contribution in [3.8, 4) is 5.75 Å². The first-order valence-electron chi connectivity index (χ1n) is 6.30. The highest BCUT2D eigenvalue weighted by molar-refractivity contribution is 5.83. The summed E-state index contributed by atoms with van der Waals surface area (Å²) in [7, 11) is 2.81. The number of azo groups is 1. The zero-order valence-corrected chi connectivity index (χ0v) is 12.1. The number of nitrogens with two attached hydrogens (primary N) is 1. The van der Waals surface area contributed by atoms with E-state index < -0.39 is 6.09 Å². The second-order valence-corrected chi connectivity index (χ2v) is 4.09. The summed E-state index contributed by atoms with van der Waals surface area (Å²) >= 11 is 0. The molecular formula is C14H15N5O3. The predicted octanol–water partition coefficient (Wildman–Crippen LogP) is 3.27. The lowest BCUT2D eigenvalue weighted by atomic mass is 10.3. The van der Waals surface area contributed by atoms with Crippen molar-refractivity contribution in [1.82, 2.24) is 4.98 Å². The minimum atomic E-state index is -0.629. The number of para-hydroxylation sites is 1. The minimum Gasteiger partial charge on any atom is -0.494 e. The van der Waals surface area contributed by atoms with Gasteiger partial charge in [0.15, 0.2) is 5.82 Å². The molecule has 0 aliphatic carbocycles. The predicted molar refractivity (Wildman–Crippen MR) is 81.8 cm³/mol. The fourth-order valence-corrected chi connectivity index (χ4v) is 1.60. The van der Waals surface area contributed by atoms with Gasteiger partial charge in [-0.2, -0.15) is 0 Å². The monoisotopic (exact) mass is 301 g/mol. The smallest absolute Gasteiger partial charge is 0.412 e. The molecule has 0 unspecified atom stereocenters. The maximum Gasteiger partial charge on any atom is 0.412 e. The van der Waals surface area contributed by atoms with Crippen LogP contribution in [0.15, 0.2) is 46.6 Å². The number of benzene rings is 1. The molecule has 2 rings (SSSR count). The van der Waals surface area contributed by atoms with E-state index in [0.717, 1.165) is 0 Å². The number of carbonyl (C=O) groups is 1. The van der Waals surface area contributed by atoms with Crippen molar-refractivity contribution in [2.45, 2.75) is 0 Å². The highest BCUT2D eigenvalue weighted by atomic mass is 16.5. The molecule has 0 radical (unpaired) electrons. The van der Waals surface area contributed by atoms with Crippen LogP contribution in [0.5, 0.6) is 5.75 Å². The zero-order chi connectivity index (χ0) is 15.9. The summed E-state index contributed by atoms with van der Waals surface area (Å²) in [5, 5.41) is 10.5. The van der Waals surface area contributed by atoms with E-state index in [1.54, 1.807) is 31.4 Å². The Bertz CT molecular complexity index is 703. The van der Waals surface area contributed by atoms with Crippen molar-refractivity contribution in [3.05, 3.63) is 36.4 Å². The van der Waals surface area contributed by atoms with Crippen LogP contribution < -0.4 is 15.8 Å². The largest absolute Gasteiger partial charge is 0.494 e. The maximum atomic E-state index is 11.1. The van der Waals surface area contributed by atoms with Crippen molar-refractivity contribution in [2.24, 2.45) is 10.2 Å². The number of nitrogens with zero attached hydrogens (tertiary/aromatic N) is 3. The number of ether oxygens (including phenoxy) is 2. The fourth-order valence-electron chi connectivity index (χ4n) is 1.60. The molecule has 22 heavy (non-hydrogen) atoms. The third-order valence-electron chi connectivity index (χ3n) is 2.67. The first-order valence-corrected chi connectivity index (χ1v) is 6.30. The number of carbonyl (C=O) groups excluding carboxylic acids is 1. The second-order valence-electron chi connectivity index (χ2n) is 4.09. The van der Waals surface area contributed by atoms with Crippen LogP contribution in [0.2, 0.25) is 0 Å². The summed E-state index contributed by atoms with van der Waals surface area (Å²) in [6, 6.07) is 10.3. The van der Waals surface area contributed by atoms with Crippen molar-refractivity contribution in [1.29, 1.82) is 0 Å². The van der Waals surface area contributed by atoms with Crippen LogP contribution in [0.25, 0.3) is 0 Å². The van der Waals surface area contributed by atoms with Gasteiger partial charge in [-0.3, -0.25) is 5.32 Å². The van der Waals surface area contributed by atoms with Crippen LogP contribution in [0.1, 0.15) is 0 Å². The molecule has 0 bridgehead atoms. The Morgan fingerprint density at radius 3 is 2.55 bits per heavy atom. The molecule has 8 heteroatoms. The van der Waals surface area contributed by atoms with E-state index in [1.165, 1.54) is 7.11 Å². The number of anilines is 2. The summed E-state index contributed by atoms with van der Waals surface area (Å²) < 4.78 is 9.65. The molecule has 0 saturated heterocycles. The highest BCUT2D eigenvalue weighted by Crippen LogP contribution is 2.30. The Hall–Kier alpha value is -3.16. The molecule has 8 nitrogen and oxygen atoms in total. The summed E-state index contributed by atoms with van der Waals surface area (Å²) in [4.78, 5) is 15.1. The average Bonchev–Trinajstić information content (AvgIpc) is 2.54. The van der Waals surface area contributed by atoms with Gasteiger partial charge in [0, 0.05) is 0 Å². The number of rotatable bonds is 4. The Labute approximate surface area is 127 Å². The van der Waals surface area contributed by atoms with Crippen molar-refractivity contribution in [3.63, 3.8) is 0 Å². The lowest BCUT2D eigenvalue weighted by Crippen LogP contribution is -2.12. The van der Waals surface area contributed by atoms with E-state index in [1.807, 2.05) is 12.1 Å². The van der Waals surface area contributed by atoms with Gasteiger partial charge in [-0.1, -0.05) is 12.1 Å². The maximum absolute atomic E-state index is 11.1. The quantitative estimate of drug-likeness (QED) is 0.842. The molecule has 2 aromatic rings. The molecule has 0 atom stereocenters. The number of hydrogen-bond acceptors (Lipinski definition) is 7. The summed E-state index contributed by atoms with van der Waals surface area (Å²) in [5.74, 6) is 0.995. The molecule has 1 amide bonds. The van der Waals surface area contributed by atoms with E-state index in [-0.39, 0.29) is 11.6 Å². The normalized spacial score (nSPS) is 10.5. The van der Waals surface area contributed by atoms with Crippen molar-refractivity contribution < 1.29 is 14.3 Å². The van der Waals surface area contributed by atoms with Crippen LogP contribution in [0.3, 0.4) is 0 Å². The number of nitrogens with one attached hydrogen (secondary N) is 1. The molecule has 0 aliphatic rings. The molecule has 0 aliphatic heterocycles. The molecule has 1 heterocycles. The average molecular weight is 301 g/mol. The molecular weight excluding hydrogens is 286 g/mol. The SMILES string of the molecule is COC(=O)Nc1ccc(N=Nc2ccccc2OC)c(N)n1. The number of amides is 1. The van der Waals surface area contributed by atoms with E-state index in [4.69, 9.17) is 10.5 Å². The van der Waals surface area contributed by atoms with Crippen LogP contribution >= 0.6 is 0 Å². The van der Waals surface area contributed by atoms with Gasteiger partial charge < -0.3 is 15.2 Å². The minimum absolute atomic E-state index is 0.132. The topological polar surface area (TPSA) is 111 Å². The van der Waals surface area contributed by atoms with Gasteiger partial charge in [0.1, 0.15) is 22.9 Å². The van der Waals surface area contributed by atoms with Gasteiger partial charge in [0.05, 0.1) is 14.2 Å². The first-order chi connectivity index (χ1) is 10.6. The van der Waals surface area contributed by atoms with Gasteiger partial charge >= 0.3 is 6.09 Å². The van der Waals surface area contributed by atoms with E-state index in [9.17, 15) is 4.79 Å². The molecule has 0 spiro atoms. The number of nitrogen functional groups attached to an aromatic ring is 1. The Morgan fingerprint density at radius 2 is 1.86 bits per heavy atom. The third kappa shape index (κ3) is 3.69. The Morgan fingerprint density at radius 1 is 1.14 bits per heavy atom. The lowest BCUT2D eigenvalue weighted by molar-refractivity contribution is 0.187. The zero-order valence-electron chi connectivity index (χ0n) is 12.1.